The highest BCUT2D eigenvalue weighted by Gasteiger charge is 2.34. The number of nitrogens with one attached hydrogen (secondary N) is 1. The number of likely N-dealkylation sites (N-methyl/N-ethyl adjacent to an activating group) is 1. The molecule has 2 aliphatic heterocycles. The molecule has 0 saturated carbocycles. The van der Waals surface area contributed by atoms with E-state index in [-0.39, 0.29) is 12.8 Å². The third-order valence-corrected chi connectivity index (χ3v) is 6.25. The number of benzene rings is 2. The van der Waals surface area contributed by atoms with Crippen LogP contribution < -0.4 is 19.6 Å². The number of nitrogens with zero attached hydrogens (tertiary/aromatic N) is 2. The van der Waals surface area contributed by atoms with E-state index < -0.39 is 0 Å². The van der Waals surface area contributed by atoms with Crippen LogP contribution in [0.2, 0.25) is 0 Å². The number of methoxy groups -OCH3 is 1. The number of aromatic nitrogens is 1. The van der Waals surface area contributed by atoms with Gasteiger partial charge in [-0.15, -0.1) is 0 Å². The minimum atomic E-state index is 0.134. The molecule has 0 spiro atoms. The van der Waals surface area contributed by atoms with Crippen LogP contribution in [0.5, 0.6) is 17.2 Å². The Labute approximate surface area is 169 Å². The molecule has 3 heterocycles. The second-order valence-electron chi connectivity index (χ2n) is 7.79. The molecule has 2 aliphatic rings. The molecule has 1 aromatic heterocycles. The lowest BCUT2D eigenvalue weighted by Gasteiger charge is -2.36. The fraction of sp³-hybridized carbons (Fsp3) is 0.348. The summed E-state index contributed by atoms with van der Waals surface area (Å²) in [5.41, 5.74) is 4.62. The van der Waals surface area contributed by atoms with Crippen molar-refractivity contribution in [3.63, 3.8) is 0 Å². The first-order chi connectivity index (χ1) is 14.1. The number of para-hydroxylation sites is 1. The predicted molar refractivity (Wildman–Crippen MR) is 111 cm³/mol. The van der Waals surface area contributed by atoms with Crippen LogP contribution in [0.3, 0.4) is 0 Å². The summed E-state index contributed by atoms with van der Waals surface area (Å²) < 4.78 is 19.4. The Bertz CT molecular complexity index is 1170. The van der Waals surface area contributed by atoms with Crippen molar-refractivity contribution in [3.05, 3.63) is 58.6 Å². The van der Waals surface area contributed by atoms with Crippen molar-refractivity contribution < 1.29 is 14.2 Å². The Morgan fingerprint density at radius 3 is 2.83 bits per heavy atom. The average molecular weight is 391 g/mol. The molecular weight excluding hydrogens is 366 g/mol. The molecule has 5 rings (SSSR count). The lowest BCUT2D eigenvalue weighted by atomic mass is 9.88. The highest BCUT2D eigenvalue weighted by atomic mass is 16.7. The van der Waals surface area contributed by atoms with Crippen molar-refractivity contribution >= 4 is 10.9 Å². The number of hydrogen-bond acceptors (Lipinski definition) is 5. The molecule has 0 aliphatic carbocycles. The highest BCUT2D eigenvalue weighted by Crippen LogP contribution is 2.49. The van der Waals surface area contributed by atoms with E-state index >= 15 is 0 Å². The van der Waals surface area contributed by atoms with Gasteiger partial charge in [0.2, 0.25) is 12.5 Å². The number of aryl methyl sites for hydroxylation is 1. The smallest absolute Gasteiger partial charge is 0.231 e. The summed E-state index contributed by atoms with van der Waals surface area (Å²) in [6, 6.07) is 12.3. The molecule has 150 valence electrons. The molecule has 0 saturated heterocycles. The summed E-state index contributed by atoms with van der Waals surface area (Å²) >= 11 is 0. The molecule has 1 N–H and O–H groups in total. The van der Waals surface area contributed by atoms with E-state index in [9.17, 15) is 0 Å². The zero-order valence-corrected chi connectivity index (χ0v) is 17.0. The summed E-state index contributed by atoms with van der Waals surface area (Å²) in [5, 5.41) is 10.0. The van der Waals surface area contributed by atoms with E-state index in [4.69, 9.17) is 19.6 Å². The lowest BCUT2D eigenvalue weighted by molar-refractivity contribution is 0.170. The number of hydrogen-bond donors (Lipinski definition) is 1. The van der Waals surface area contributed by atoms with Gasteiger partial charge < -0.3 is 24.2 Å². The molecule has 0 fully saturated rings. The summed E-state index contributed by atoms with van der Waals surface area (Å²) in [6.45, 7) is 1.20. The maximum absolute atomic E-state index is 8.50. The Morgan fingerprint density at radius 2 is 2.00 bits per heavy atom. The standard InChI is InChI=1S/C23H25N3O3/c1-25-9-8-14-10-20-22(29-13-28-20)23(27-3)21(14)19(25)12-15-11-17(24)16-6-4-5-7-18(16)26(15)2/h4-7,10-11,19,24H,8-9,12-13H2,1-3H3. The first-order valence-corrected chi connectivity index (χ1v) is 9.90. The molecule has 1 unspecified atom stereocenters. The minimum Gasteiger partial charge on any atom is -0.492 e. The number of rotatable bonds is 3. The van der Waals surface area contributed by atoms with E-state index in [0.717, 1.165) is 47.5 Å². The van der Waals surface area contributed by atoms with Gasteiger partial charge in [-0.1, -0.05) is 18.2 Å². The summed E-state index contributed by atoms with van der Waals surface area (Å²) in [7, 11) is 5.93. The van der Waals surface area contributed by atoms with Gasteiger partial charge in [-0.25, -0.2) is 0 Å². The van der Waals surface area contributed by atoms with Crippen LogP contribution in [-0.2, 0) is 19.9 Å². The van der Waals surface area contributed by atoms with Gasteiger partial charge in [-0.2, -0.15) is 0 Å². The molecule has 0 radical (unpaired) electrons. The van der Waals surface area contributed by atoms with Crippen LogP contribution in [0.4, 0.5) is 0 Å². The van der Waals surface area contributed by atoms with Crippen LogP contribution in [0.25, 0.3) is 10.9 Å². The summed E-state index contributed by atoms with van der Waals surface area (Å²) in [5.74, 6) is 2.25. The second-order valence-corrected chi connectivity index (χ2v) is 7.79. The number of pyridine rings is 1. The zero-order valence-electron chi connectivity index (χ0n) is 17.0. The fourth-order valence-electron chi connectivity index (χ4n) is 4.67. The van der Waals surface area contributed by atoms with Crippen molar-refractivity contribution in [1.82, 2.24) is 9.47 Å². The molecule has 1 atom stereocenters. The Kier molecular flexibility index (Phi) is 4.24. The second kappa shape index (κ2) is 6.81. The maximum Gasteiger partial charge on any atom is 0.231 e. The molecular formula is C23H25N3O3. The van der Waals surface area contributed by atoms with Gasteiger partial charge in [-0.3, -0.25) is 4.90 Å². The molecule has 3 aromatic rings. The Hall–Kier alpha value is -2.99. The SMILES string of the molecule is COc1c2c(cc3c1C(Cc1cc(=N)c4ccccc4n1C)N(C)CC3)OCO2. The van der Waals surface area contributed by atoms with Crippen molar-refractivity contribution in [2.24, 2.45) is 7.05 Å². The quantitative estimate of drug-likeness (QED) is 0.745. The minimum absolute atomic E-state index is 0.134. The number of fused-ring (bicyclic) bond motifs is 3. The van der Waals surface area contributed by atoms with Crippen LogP contribution in [0.1, 0.15) is 22.9 Å². The van der Waals surface area contributed by atoms with Gasteiger partial charge >= 0.3 is 0 Å². The third kappa shape index (κ3) is 2.78. The van der Waals surface area contributed by atoms with Crippen molar-refractivity contribution in [2.45, 2.75) is 18.9 Å². The molecule has 2 aromatic carbocycles. The monoisotopic (exact) mass is 391 g/mol. The van der Waals surface area contributed by atoms with Crippen molar-refractivity contribution in [2.75, 3.05) is 27.5 Å². The van der Waals surface area contributed by atoms with Gasteiger partial charge in [0.15, 0.2) is 11.5 Å². The third-order valence-electron chi connectivity index (χ3n) is 6.25. The van der Waals surface area contributed by atoms with Gasteiger partial charge in [0, 0.05) is 42.7 Å². The van der Waals surface area contributed by atoms with Gasteiger partial charge in [0.05, 0.1) is 18.0 Å². The highest BCUT2D eigenvalue weighted by molar-refractivity contribution is 5.78. The maximum atomic E-state index is 8.50. The van der Waals surface area contributed by atoms with E-state index in [2.05, 4.69) is 35.7 Å². The normalized spacial score (nSPS) is 18.1. The van der Waals surface area contributed by atoms with E-state index in [1.165, 1.54) is 11.1 Å². The summed E-state index contributed by atoms with van der Waals surface area (Å²) in [4.78, 5) is 2.37. The Morgan fingerprint density at radius 1 is 1.17 bits per heavy atom. The summed E-state index contributed by atoms with van der Waals surface area (Å²) in [6.07, 6.45) is 1.73. The molecule has 0 bridgehead atoms. The van der Waals surface area contributed by atoms with Crippen LogP contribution in [0.15, 0.2) is 36.4 Å². The molecule has 29 heavy (non-hydrogen) atoms. The Balaban J connectivity index is 1.65. The largest absolute Gasteiger partial charge is 0.492 e. The molecule has 6 heteroatoms. The predicted octanol–water partition coefficient (Wildman–Crippen LogP) is 3.17. The first-order valence-electron chi connectivity index (χ1n) is 9.90. The lowest BCUT2D eigenvalue weighted by Crippen LogP contribution is -2.34. The topological polar surface area (TPSA) is 59.7 Å². The first kappa shape index (κ1) is 18.1. The van der Waals surface area contributed by atoms with Crippen molar-refractivity contribution in [1.29, 1.82) is 5.41 Å². The van der Waals surface area contributed by atoms with Gasteiger partial charge in [0.25, 0.3) is 0 Å². The van der Waals surface area contributed by atoms with E-state index in [0.29, 0.717) is 11.1 Å². The van der Waals surface area contributed by atoms with Gasteiger partial charge in [-0.05, 0) is 37.2 Å². The number of ether oxygens (including phenoxy) is 3. The fourth-order valence-corrected chi connectivity index (χ4v) is 4.67. The van der Waals surface area contributed by atoms with Gasteiger partial charge in [0.1, 0.15) is 0 Å². The van der Waals surface area contributed by atoms with Crippen molar-refractivity contribution in [3.8, 4) is 17.2 Å². The zero-order chi connectivity index (χ0) is 20.1. The molecule has 0 amide bonds. The van der Waals surface area contributed by atoms with E-state index in [1.807, 2.05) is 24.3 Å². The van der Waals surface area contributed by atoms with Crippen LogP contribution in [-0.4, -0.2) is 37.0 Å². The molecule has 6 nitrogen and oxygen atoms in total. The average Bonchev–Trinajstić information content (AvgIpc) is 3.20. The van der Waals surface area contributed by atoms with Crippen LogP contribution in [0, 0.1) is 5.41 Å². The van der Waals surface area contributed by atoms with Crippen LogP contribution >= 0.6 is 0 Å². The van der Waals surface area contributed by atoms with E-state index in [1.54, 1.807) is 7.11 Å².